The number of thiophene rings is 2. The third-order valence-electron chi connectivity index (χ3n) is 4.13. The number of ether oxygens (including phenoxy) is 1. The van der Waals surface area contributed by atoms with Crippen LogP contribution in [0.4, 0.5) is 0 Å². The maximum Gasteiger partial charge on any atom is 0.263 e. The maximum atomic E-state index is 12.9. The molecule has 140 valence electrons. The van der Waals surface area contributed by atoms with Gasteiger partial charge in [-0.1, -0.05) is 17.8 Å². The lowest BCUT2D eigenvalue weighted by molar-refractivity contribution is 0.344. The Labute approximate surface area is 173 Å². The van der Waals surface area contributed by atoms with Crippen LogP contribution in [-0.2, 0) is 7.05 Å². The number of fused-ring (bicyclic) bond motifs is 1. The second-order valence-electron chi connectivity index (χ2n) is 5.90. The SMILES string of the molecule is Cn1c(SCCOc2ccc(C#N)cc2)nc2scc(-c3cccs3)c2c1=O. The molecule has 0 bridgehead atoms. The predicted octanol–water partition coefficient (Wildman–Crippen LogP) is 4.77. The van der Waals surface area contributed by atoms with Crippen molar-refractivity contribution in [3.63, 3.8) is 0 Å². The van der Waals surface area contributed by atoms with Crippen molar-refractivity contribution in [1.29, 1.82) is 5.26 Å². The zero-order valence-corrected chi connectivity index (χ0v) is 17.4. The molecule has 0 unspecified atom stereocenters. The monoisotopic (exact) mass is 425 g/mol. The van der Waals surface area contributed by atoms with Gasteiger partial charge in [-0.2, -0.15) is 5.26 Å². The van der Waals surface area contributed by atoms with E-state index in [-0.39, 0.29) is 5.56 Å². The Kier molecular flexibility index (Phi) is 5.48. The average Bonchev–Trinajstić information content (AvgIpc) is 3.38. The summed E-state index contributed by atoms with van der Waals surface area (Å²) in [5, 5.41) is 14.2. The van der Waals surface area contributed by atoms with E-state index in [0.717, 1.165) is 21.0 Å². The molecular weight excluding hydrogens is 410 g/mol. The Hall–Kier alpha value is -2.60. The van der Waals surface area contributed by atoms with Crippen LogP contribution in [0.5, 0.6) is 5.75 Å². The van der Waals surface area contributed by atoms with Crippen molar-refractivity contribution in [3.05, 3.63) is 63.1 Å². The fraction of sp³-hybridized carbons (Fsp3) is 0.150. The van der Waals surface area contributed by atoms with Crippen molar-refractivity contribution in [3.8, 4) is 22.3 Å². The number of nitriles is 1. The summed E-state index contributed by atoms with van der Waals surface area (Å²) in [7, 11) is 1.76. The van der Waals surface area contributed by atoms with Crippen molar-refractivity contribution in [2.75, 3.05) is 12.4 Å². The maximum absolute atomic E-state index is 12.9. The first-order chi connectivity index (χ1) is 13.7. The molecule has 0 saturated carbocycles. The summed E-state index contributed by atoms with van der Waals surface area (Å²) in [6, 6.07) is 13.1. The first-order valence-electron chi connectivity index (χ1n) is 8.45. The van der Waals surface area contributed by atoms with Crippen molar-refractivity contribution in [2.24, 2.45) is 7.05 Å². The number of hydrogen-bond donors (Lipinski definition) is 0. The van der Waals surface area contributed by atoms with Crippen LogP contribution in [-0.4, -0.2) is 21.9 Å². The third-order valence-corrected chi connectivity index (χ3v) is 6.90. The lowest BCUT2D eigenvalue weighted by Gasteiger charge is -2.09. The summed E-state index contributed by atoms with van der Waals surface area (Å²) < 4.78 is 7.31. The van der Waals surface area contributed by atoms with E-state index in [1.165, 1.54) is 23.1 Å². The number of benzene rings is 1. The van der Waals surface area contributed by atoms with Crippen LogP contribution in [0.25, 0.3) is 20.7 Å². The molecule has 0 atom stereocenters. The van der Waals surface area contributed by atoms with Gasteiger partial charge in [-0.15, -0.1) is 22.7 Å². The molecule has 0 radical (unpaired) electrons. The molecule has 1 aromatic carbocycles. The highest BCUT2D eigenvalue weighted by Crippen LogP contribution is 2.34. The van der Waals surface area contributed by atoms with E-state index in [4.69, 9.17) is 15.0 Å². The number of thioether (sulfide) groups is 1. The molecule has 4 rings (SSSR count). The standard InChI is InChI=1S/C20H15N3O2S3/c1-23-19(24)17-15(16-3-2-9-26-16)12-28-18(17)22-20(23)27-10-8-25-14-6-4-13(11-21)5-7-14/h2-7,9,12H,8,10H2,1H3. The van der Waals surface area contributed by atoms with Gasteiger partial charge in [0.25, 0.3) is 5.56 Å². The zero-order chi connectivity index (χ0) is 19.5. The number of hydrogen-bond acceptors (Lipinski definition) is 7. The first kappa shape index (κ1) is 18.7. The van der Waals surface area contributed by atoms with E-state index in [2.05, 4.69) is 6.07 Å². The Bertz CT molecular complexity index is 1200. The topological polar surface area (TPSA) is 67.9 Å². The van der Waals surface area contributed by atoms with Gasteiger partial charge in [0.2, 0.25) is 0 Å². The Morgan fingerprint density at radius 2 is 2.07 bits per heavy atom. The van der Waals surface area contributed by atoms with Gasteiger partial charge in [-0.3, -0.25) is 9.36 Å². The molecule has 0 aliphatic rings. The van der Waals surface area contributed by atoms with Crippen LogP contribution < -0.4 is 10.3 Å². The lowest BCUT2D eigenvalue weighted by Crippen LogP contribution is -2.20. The molecular formula is C20H15N3O2S3. The molecule has 0 saturated heterocycles. The fourth-order valence-electron chi connectivity index (χ4n) is 2.71. The Morgan fingerprint density at radius 1 is 1.25 bits per heavy atom. The third kappa shape index (κ3) is 3.69. The fourth-order valence-corrected chi connectivity index (χ4v) is 5.30. The molecule has 0 N–H and O–H groups in total. The highest BCUT2D eigenvalue weighted by atomic mass is 32.2. The largest absolute Gasteiger partial charge is 0.493 e. The minimum absolute atomic E-state index is 0.0230. The van der Waals surface area contributed by atoms with E-state index >= 15 is 0 Å². The van der Waals surface area contributed by atoms with E-state index < -0.39 is 0 Å². The quantitative estimate of drug-likeness (QED) is 0.253. The Balaban J connectivity index is 1.48. The summed E-state index contributed by atoms with van der Waals surface area (Å²) in [5.74, 6) is 1.38. The van der Waals surface area contributed by atoms with Crippen molar-refractivity contribution in [2.45, 2.75) is 5.16 Å². The Morgan fingerprint density at radius 3 is 2.79 bits per heavy atom. The number of rotatable bonds is 6. The molecule has 0 amide bonds. The summed E-state index contributed by atoms with van der Waals surface area (Å²) in [6.45, 7) is 0.482. The molecule has 5 nitrogen and oxygen atoms in total. The second-order valence-corrected chi connectivity index (χ2v) is 8.77. The van der Waals surface area contributed by atoms with E-state index in [0.29, 0.717) is 28.5 Å². The molecule has 3 aromatic heterocycles. The summed E-state index contributed by atoms with van der Waals surface area (Å²) in [4.78, 5) is 19.4. The average molecular weight is 426 g/mol. The smallest absolute Gasteiger partial charge is 0.263 e. The summed E-state index contributed by atoms with van der Waals surface area (Å²) >= 11 is 4.62. The van der Waals surface area contributed by atoms with E-state index in [9.17, 15) is 4.79 Å². The van der Waals surface area contributed by atoms with Gasteiger partial charge in [0.05, 0.1) is 23.6 Å². The molecule has 4 aromatic rings. The highest BCUT2D eigenvalue weighted by Gasteiger charge is 2.16. The molecule has 28 heavy (non-hydrogen) atoms. The van der Waals surface area contributed by atoms with Gasteiger partial charge in [0.1, 0.15) is 10.6 Å². The van der Waals surface area contributed by atoms with Crippen LogP contribution >= 0.6 is 34.4 Å². The van der Waals surface area contributed by atoms with Gasteiger partial charge >= 0.3 is 0 Å². The van der Waals surface area contributed by atoms with Crippen LogP contribution in [0.15, 0.2) is 57.1 Å². The molecule has 8 heteroatoms. The van der Waals surface area contributed by atoms with Gasteiger partial charge in [0, 0.05) is 28.6 Å². The van der Waals surface area contributed by atoms with Crippen LogP contribution in [0, 0.1) is 11.3 Å². The van der Waals surface area contributed by atoms with Crippen molar-refractivity contribution >= 4 is 44.7 Å². The molecule has 0 aliphatic heterocycles. The summed E-state index contributed by atoms with van der Waals surface area (Å²) in [5.41, 5.74) is 1.54. The zero-order valence-electron chi connectivity index (χ0n) is 14.9. The van der Waals surface area contributed by atoms with Crippen LogP contribution in [0.2, 0.25) is 0 Å². The van der Waals surface area contributed by atoms with E-state index in [1.54, 1.807) is 47.2 Å². The van der Waals surface area contributed by atoms with Crippen molar-refractivity contribution < 1.29 is 4.74 Å². The minimum Gasteiger partial charge on any atom is -0.493 e. The van der Waals surface area contributed by atoms with Crippen molar-refractivity contribution in [1.82, 2.24) is 9.55 Å². The van der Waals surface area contributed by atoms with Gasteiger partial charge in [-0.25, -0.2) is 4.98 Å². The predicted molar refractivity (Wildman–Crippen MR) is 116 cm³/mol. The number of nitrogens with zero attached hydrogens (tertiary/aromatic N) is 3. The van der Waals surface area contributed by atoms with E-state index in [1.807, 2.05) is 22.9 Å². The lowest BCUT2D eigenvalue weighted by atomic mass is 10.2. The molecule has 0 aliphatic carbocycles. The van der Waals surface area contributed by atoms with Gasteiger partial charge in [-0.05, 0) is 35.7 Å². The molecule has 0 spiro atoms. The number of aromatic nitrogens is 2. The highest BCUT2D eigenvalue weighted by molar-refractivity contribution is 7.99. The first-order valence-corrected chi connectivity index (χ1v) is 11.2. The normalized spacial score (nSPS) is 10.9. The second kappa shape index (κ2) is 8.19. The van der Waals surface area contributed by atoms with Gasteiger partial charge < -0.3 is 4.74 Å². The van der Waals surface area contributed by atoms with Gasteiger partial charge in [0.15, 0.2) is 5.16 Å². The summed E-state index contributed by atoms with van der Waals surface area (Å²) in [6.07, 6.45) is 0. The molecule has 0 fully saturated rings. The van der Waals surface area contributed by atoms with Crippen LogP contribution in [0.1, 0.15) is 5.56 Å². The van der Waals surface area contributed by atoms with Crippen LogP contribution in [0.3, 0.4) is 0 Å². The minimum atomic E-state index is -0.0230. The molecule has 3 heterocycles.